The van der Waals surface area contributed by atoms with Crippen LogP contribution in [-0.4, -0.2) is 57.1 Å². The maximum Gasteiger partial charge on any atom is 0.272 e. The minimum Gasteiger partial charge on any atom is -0.337 e. The van der Waals surface area contributed by atoms with Gasteiger partial charge in [-0.25, -0.2) is 14.5 Å². The molecule has 2 saturated heterocycles. The normalized spacial score (nSPS) is 16.6. The average Bonchev–Trinajstić information content (AvgIpc) is 3.30. The van der Waals surface area contributed by atoms with Crippen molar-refractivity contribution in [2.24, 2.45) is 5.41 Å². The van der Waals surface area contributed by atoms with Crippen molar-refractivity contribution in [3.63, 3.8) is 0 Å². The number of rotatable bonds is 5. The number of carbonyl (C=O) groups is 1. The van der Waals surface area contributed by atoms with E-state index in [1.54, 1.807) is 40.5 Å². The van der Waals surface area contributed by atoms with E-state index < -0.39 is 5.82 Å². The number of fused-ring (bicyclic) bond motifs is 2. The predicted octanol–water partition coefficient (Wildman–Crippen LogP) is 4.22. The van der Waals surface area contributed by atoms with E-state index in [0.29, 0.717) is 30.6 Å². The van der Waals surface area contributed by atoms with Gasteiger partial charge in [0.1, 0.15) is 10.8 Å². The maximum atomic E-state index is 14.7. The number of halogens is 1. The lowest BCUT2D eigenvalue weighted by atomic mass is 9.72. The molecule has 9 heteroatoms. The second-order valence-electron chi connectivity index (χ2n) is 10.4. The van der Waals surface area contributed by atoms with Crippen molar-refractivity contribution in [3.8, 4) is 0 Å². The number of thiazole rings is 1. The molecule has 2 aliphatic rings. The monoisotopic (exact) mass is 525 g/mol. The first-order valence-corrected chi connectivity index (χ1v) is 13.4. The summed E-state index contributed by atoms with van der Waals surface area (Å²) >= 11 is 1.73. The molecule has 190 valence electrons. The van der Waals surface area contributed by atoms with Gasteiger partial charge in [0, 0.05) is 43.4 Å². The molecule has 38 heavy (non-hydrogen) atoms. The minimum atomic E-state index is -0.523. The van der Waals surface area contributed by atoms with Crippen LogP contribution in [0.1, 0.15) is 26.6 Å². The molecule has 0 unspecified atom stereocenters. The van der Waals surface area contributed by atoms with Gasteiger partial charge in [-0.2, -0.15) is 5.10 Å². The van der Waals surface area contributed by atoms with E-state index in [4.69, 9.17) is 4.98 Å². The third-order valence-electron chi connectivity index (χ3n) is 7.56. The number of H-pyrrole nitrogens is 1. The number of carbonyl (C=O) groups excluding carboxylic acids is 1. The van der Waals surface area contributed by atoms with Crippen molar-refractivity contribution in [1.29, 1.82) is 0 Å². The zero-order valence-electron chi connectivity index (χ0n) is 20.5. The number of likely N-dealkylation sites (tertiary alicyclic amines) is 2. The molecule has 0 radical (unpaired) electrons. The largest absolute Gasteiger partial charge is 0.337 e. The van der Waals surface area contributed by atoms with Gasteiger partial charge in [0.05, 0.1) is 33.4 Å². The summed E-state index contributed by atoms with van der Waals surface area (Å²) in [6, 6.07) is 20.0. The third kappa shape index (κ3) is 3.99. The van der Waals surface area contributed by atoms with Crippen LogP contribution in [0.5, 0.6) is 0 Å². The van der Waals surface area contributed by atoms with Crippen LogP contribution < -0.4 is 5.56 Å². The number of nitrogens with zero attached hydrogens (tertiary/aromatic N) is 4. The highest BCUT2D eigenvalue weighted by atomic mass is 32.1. The highest BCUT2D eigenvalue weighted by Crippen LogP contribution is 2.41. The van der Waals surface area contributed by atoms with Crippen LogP contribution >= 0.6 is 11.3 Å². The number of amides is 1. The number of nitrogens with one attached hydrogen (secondary N) is 1. The second kappa shape index (κ2) is 8.82. The Hall–Kier alpha value is -3.95. The zero-order chi connectivity index (χ0) is 25.9. The summed E-state index contributed by atoms with van der Waals surface area (Å²) in [6.45, 7) is 3.93. The lowest BCUT2D eigenvalue weighted by Gasteiger charge is -2.60. The van der Waals surface area contributed by atoms with Crippen LogP contribution in [0.15, 0.2) is 71.5 Å². The van der Waals surface area contributed by atoms with Crippen LogP contribution in [0.3, 0.4) is 0 Å². The van der Waals surface area contributed by atoms with Gasteiger partial charge in [-0.3, -0.25) is 14.5 Å². The molecule has 7 nitrogen and oxygen atoms in total. The molecular weight excluding hydrogens is 501 g/mol. The predicted molar refractivity (Wildman–Crippen MR) is 145 cm³/mol. The smallest absolute Gasteiger partial charge is 0.272 e. The van der Waals surface area contributed by atoms with Crippen LogP contribution in [-0.2, 0) is 13.0 Å². The van der Waals surface area contributed by atoms with Crippen molar-refractivity contribution < 1.29 is 9.18 Å². The van der Waals surface area contributed by atoms with Gasteiger partial charge in [0.25, 0.3) is 11.5 Å². The van der Waals surface area contributed by atoms with Crippen LogP contribution in [0.4, 0.5) is 4.39 Å². The van der Waals surface area contributed by atoms with Crippen LogP contribution in [0, 0.1) is 11.2 Å². The van der Waals surface area contributed by atoms with E-state index in [0.717, 1.165) is 41.1 Å². The van der Waals surface area contributed by atoms with Crippen molar-refractivity contribution in [2.45, 2.75) is 13.0 Å². The first-order valence-electron chi connectivity index (χ1n) is 12.6. The summed E-state index contributed by atoms with van der Waals surface area (Å²) in [6.07, 6.45) is 0.377. The fraction of sp³-hybridized carbons (Fsp3) is 0.241. The summed E-state index contributed by atoms with van der Waals surface area (Å²) in [5.41, 5.74) is 2.41. The van der Waals surface area contributed by atoms with E-state index in [9.17, 15) is 14.0 Å². The van der Waals surface area contributed by atoms with Gasteiger partial charge < -0.3 is 4.90 Å². The number of aromatic amines is 1. The SMILES string of the molecule is O=C(c1cc(Cc2n[nH]c(=O)c3ccccc23)ccc1F)N1CC2(CN(Cc3nc4ccccc4s3)C2)C1. The number of hydrogen-bond acceptors (Lipinski definition) is 6. The molecule has 5 aromatic rings. The molecule has 3 aromatic carbocycles. The fourth-order valence-electron chi connectivity index (χ4n) is 5.82. The number of hydrogen-bond donors (Lipinski definition) is 1. The number of aromatic nitrogens is 3. The Morgan fingerprint density at radius 1 is 1.00 bits per heavy atom. The molecule has 2 aliphatic heterocycles. The zero-order valence-corrected chi connectivity index (χ0v) is 21.3. The molecule has 0 aliphatic carbocycles. The summed E-state index contributed by atoms with van der Waals surface area (Å²) < 4.78 is 15.9. The van der Waals surface area contributed by atoms with E-state index in [2.05, 4.69) is 21.2 Å². The Morgan fingerprint density at radius 2 is 1.76 bits per heavy atom. The van der Waals surface area contributed by atoms with E-state index in [-0.39, 0.29) is 22.4 Å². The van der Waals surface area contributed by atoms with Gasteiger partial charge in [-0.05, 0) is 35.9 Å². The average molecular weight is 526 g/mol. The lowest BCUT2D eigenvalue weighted by molar-refractivity contribution is -0.102. The summed E-state index contributed by atoms with van der Waals surface area (Å²) in [5.74, 6) is -0.802. The quantitative estimate of drug-likeness (QED) is 0.372. The molecular formula is C29H24FN5O2S. The molecule has 4 heterocycles. The Labute approximate surface area is 221 Å². The lowest BCUT2D eigenvalue weighted by Crippen LogP contribution is -2.72. The molecule has 1 spiro atoms. The van der Waals surface area contributed by atoms with E-state index >= 15 is 0 Å². The third-order valence-corrected chi connectivity index (χ3v) is 8.58. The van der Waals surface area contributed by atoms with Crippen molar-refractivity contribution in [1.82, 2.24) is 25.0 Å². The number of benzene rings is 3. The minimum absolute atomic E-state index is 0.0803. The molecule has 7 rings (SSSR count). The molecule has 2 fully saturated rings. The molecule has 1 N–H and O–H groups in total. The number of para-hydroxylation sites is 1. The fourth-order valence-corrected chi connectivity index (χ4v) is 6.83. The van der Waals surface area contributed by atoms with E-state index in [1.807, 2.05) is 30.3 Å². The Balaban J connectivity index is 1.01. The summed E-state index contributed by atoms with van der Waals surface area (Å²) in [4.78, 5) is 34.1. The Kier molecular flexibility index (Phi) is 5.38. The van der Waals surface area contributed by atoms with Crippen LogP contribution in [0.25, 0.3) is 21.0 Å². The molecule has 2 aromatic heterocycles. The van der Waals surface area contributed by atoms with Gasteiger partial charge in [-0.1, -0.05) is 36.4 Å². The summed E-state index contributed by atoms with van der Waals surface area (Å²) in [7, 11) is 0. The topological polar surface area (TPSA) is 82.2 Å². The summed E-state index contributed by atoms with van der Waals surface area (Å²) in [5, 5.41) is 9.16. The highest BCUT2D eigenvalue weighted by Gasteiger charge is 2.53. The first-order chi connectivity index (χ1) is 18.5. The second-order valence-corrected chi connectivity index (χ2v) is 11.5. The van der Waals surface area contributed by atoms with Gasteiger partial charge in [-0.15, -0.1) is 11.3 Å². The highest BCUT2D eigenvalue weighted by molar-refractivity contribution is 7.18. The van der Waals surface area contributed by atoms with E-state index in [1.165, 1.54) is 10.8 Å². The molecule has 1 amide bonds. The van der Waals surface area contributed by atoms with Crippen molar-refractivity contribution in [3.05, 3.63) is 105 Å². The van der Waals surface area contributed by atoms with Crippen molar-refractivity contribution >= 4 is 38.2 Å². The van der Waals surface area contributed by atoms with Gasteiger partial charge >= 0.3 is 0 Å². The molecule has 0 bridgehead atoms. The van der Waals surface area contributed by atoms with Crippen molar-refractivity contribution in [2.75, 3.05) is 26.2 Å². The maximum absolute atomic E-state index is 14.7. The standard InChI is InChI=1S/C29H24FN5O2S/c30-22-10-9-18(12-24-19-5-1-2-6-20(19)27(36)33-32-24)11-21(22)28(37)35-16-29(17-35)14-34(15-29)13-26-31-23-7-3-4-8-25(23)38-26/h1-11H,12-17H2,(H,33,36). The van der Waals surface area contributed by atoms with Gasteiger partial charge in [0.15, 0.2) is 0 Å². The van der Waals surface area contributed by atoms with Crippen LogP contribution in [0.2, 0.25) is 0 Å². The molecule has 0 atom stereocenters. The Bertz CT molecular complexity index is 1730. The Morgan fingerprint density at radius 3 is 2.58 bits per heavy atom. The molecule has 0 saturated carbocycles. The first kappa shape index (κ1) is 23.2. The van der Waals surface area contributed by atoms with Gasteiger partial charge in [0.2, 0.25) is 0 Å².